The molecule has 1 aromatic heterocycles. The third kappa shape index (κ3) is 2.26. The molecular formula is C9H10ClNO2. The van der Waals surface area contributed by atoms with Gasteiger partial charge < -0.3 is 5.11 Å². The first-order chi connectivity index (χ1) is 5.95. The lowest BCUT2D eigenvalue weighted by molar-refractivity contribution is 0.0739. The summed E-state index contributed by atoms with van der Waals surface area (Å²) in [6.07, 6.45) is 2.04. The van der Waals surface area contributed by atoms with Gasteiger partial charge in [-0.15, -0.1) is 0 Å². The standard InChI is InChI=1S/C9H10ClNO2/c1-9(2,13)8-7(10)3-6(5-12)4-11-8/h3-5,13H,1-2H3. The average molecular weight is 200 g/mol. The summed E-state index contributed by atoms with van der Waals surface area (Å²) < 4.78 is 0. The van der Waals surface area contributed by atoms with Crippen LogP contribution in [0, 0.1) is 0 Å². The Bertz CT molecular complexity index is 331. The molecule has 0 unspecified atom stereocenters. The molecule has 3 nitrogen and oxygen atoms in total. The van der Waals surface area contributed by atoms with Gasteiger partial charge in [0.2, 0.25) is 0 Å². The minimum Gasteiger partial charge on any atom is -0.384 e. The number of carbonyl (C=O) groups is 1. The molecule has 0 atom stereocenters. The van der Waals surface area contributed by atoms with Gasteiger partial charge in [-0.3, -0.25) is 9.78 Å². The fourth-order valence-electron chi connectivity index (χ4n) is 0.967. The van der Waals surface area contributed by atoms with Crippen LogP contribution in [0.1, 0.15) is 29.9 Å². The van der Waals surface area contributed by atoms with Gasteiger partial charge in [0.15, 0.2) is 6.29 Å². The third-order valence-electron chi connectivity index (χ3n) is 1.58. The smallest absolute Gasteiger partial charge is 0.151 e. The lowest BCUT2D eigenvalue weighted by atomic mass is 10.0. The highest BCUT2D eigenvalue weighted by atomic mass is 35.5. The number of hydrogen-bond donors (Lipinski definition) is 1. The summed E-state index contributed by atoms with van der Waals surface area (Å²) in [6.45, 7) is 3.17. The van der Waals surface area contributed by atoms with Crippen molar-refractivity contribution in [3.8, 4) is 0 Å². The van der Waals surface area contributed by atoms with Crippen molar-refractivity contribution in [3.05, 3.63) is 28.5 Å². The zero-order valence-corrected chi connectivity index (χ0v) is 8.17. The Morgan fingerprint density at radius 3 is 2.62 bits per heavy atom. The van der Waals surface area contributed by atoms with Crippen LogP contribution in [0.15, 0.2) is 12.3 Å². The molecule has 1 N–H and O–H groups in total. The number of aliphatic hydroxyl groups is 1. The number of carbonyl (C=O) groups excluding carboxylic acids is 1. The zero-order chi connectivity index (χ0) is 10.1. The van der Waals surface area contributed by atoms with Gasteiger partial charge in [-0.2, -0.15) is 0 Å². The van der Waals surface area contributed by atoms with Crippen LogP contribution in [-0.4, -0.2) is 16.4 Å². The summed E-state index contributed by atoms with van der Waals surface area (Å²) in [5.74, 6) is 0. The summed E-state index contributed by atoms with van der Waals surface area (Å²) in [4.78, 5) is 14.3. The Balaban J connectivity index is 3.20. The van der Waals surface area contributed by atoms with Crippen molar-refractivity contribution in [1.29, 1.82) is 0 Å². The molecule has 0 fully saturated rings. The molecule has 13 heavy (non-hydrogen) atoms. The first-order valence-corrected chi connectivity index (χ1v) is 4.16. The van der Waals surface area contributed by atoms with Crippen LogP contribution in [-0.2, 0) is 5.60 Å². The van der Waals surface area contributed by atoms with Gasteiger partial charge in [-0.1, -0.05) is 11.6 Å². The number of halogens is 1. The van der Waals surface area contributed by atoms with E-state index in [-0.39, 0.29) is 0 Å². The number of aromatic nitrogens is 1. The molecule has 1 rings (SSSR count). The van der Waals surface area contributed by atoms with E-state index >= 15 is 0 Å². The van der Waals surface area contributed by atoms with E-state index in [1.54, 1.807) is 13.8 Å². The summed E-state index contributed by atoms with van der Waals surface area (Å²) in [6, 6.07) is 1.48. The van der Waals surface area contributed by atoms with E-state index in [0.29, 0.717) is 22.6 Å². The monoisotopic (exact) mass is 199 g/mol. The van der Waals surface area contributed by atoms with Crippen LogP contribution in [0.2, 0.25) is 5.02 Å². The molecular weight excluding hydrogens is 190 g/mol. The van der Waals surface area contributed by atoms with Crippen molar-refractivity contribution in [2.24, 2.45) is 0 Å². The SMILES string of the molecule is CC(C)(O)c1ncc(C=O)cc1Cl. The van der Waals surface area contributed by atoms with Gasteiger partial charge in [0, 0.05) is 11.8 Å². The molecule has 0 aliphatic rings. The number of nitrogens with zero attached hydrogens (tertiary/aromatic N) is 1. The number of hydrogen-bond acceptors (Lipinski definition) is 3. The van der Waals surface area contributed by atoms with E-state index in [1.807, 2.05) is 0 Å². The fourth-order valence-corrected chi connectivity index (χ4v) is 1.37. The quantitative estimate of drug-likeness (QED) is 0.739. The molecule has 0 saturated heterocycles. The van der Waals surface area contributed by atoms with Crippen molar-refractivity contribution in [2.45, 2.75) is 19.4 Å². The Morgan fingerprint density at radius 2 is 2.23 bits per heavy atom. The molecule has 0 radical (unpaired) electrons. The van der Waals surface area contributed by atoms with E-state index in [9.17, 15) is 9.90 Å². The van der Waals surface area contributed by atoms with Gasteiger partial charge >= 0.3 is 0 Å². The molecule has 4 heteroatoms. The molecule has 0 aromatic carbocycles. The molecule has 0 aliphatic carbocycles. The first kappa shape index (κ1) is 10.2. The zero-order valence-electron chi connectivity index (χ0n) is 7.41. The predicted octanol–water partition coefficient (Wildman–Crippen LogP) is 1.77. The summed E-state index contributed by atoms with van der Waals surface area (Å²) in [7, 11) is 0. The minimum atomic E-state index is -1.08. The van der Waals surface area contributed by atoms with Crippen LogP contribution >= 0.6 is 11.6 Å². The van der Waals surface area contributed by atoms with E-state index in [4.69, 9.17) is 11.6 Å². The van der Waals surface area contributed by atoms with Crippen LogP contribution < -0.4 is 0 Å². The molecule has 0 bridgehead atoms. The highest BCUT2D eigenvalue weighted by molar-refractivity contribution is 6.31. The number of pyridine rings is 1. The van der Waals surface area contributed by atoms with Crippen LogP contribution in [0.3, 0.4) is 0 Å². The molecule has 1 aromatic rings. The van der Waals surface area contributed by atoms with Crippen molar-refractivity contribution in [3.63, 3.8) is 0 Å². The maximum absolute atomic E-state index is 10.4. The second-order valence-electron chi connectivity index (χ2n) is 3.28. The van der Waals surface area contributed by atoms with E-state index in [2.05, 4.69) is 4.98 Å². The maximum atomic E-state index is 10.4. The third-order valence-corrected chi connectivity index (χ3v) is 1.87. The van der Waals surface area contributed by atoms with E-state index in [0.717, 1.165) is 0 Å². The Labute approximate surface area is 81.4 Å². The number of rotatable bonds is 2. The van der Waals surface area contributed by atoms with Crippen LogP contribution in [0.4, 0.5) is 0 Å². The second kappa shape index (κ2) is 3.44. The molecule has 0 saturated carbocycles. The molecule has 1 heterocycles. The van der Waals surface area contributed by atoms with Gasteiger partial charge in [0.25, 0.3) is 0 Å². The summed E-state index contributed by atoms with van der Waals surface area (Å²) >= 11 is 5.81. The molecule has 0 spiro atoms. The molecule has 0 aliphatic heterocycles. The largest absolute Gasteiger partial charge is 0.384 e. The Hall–Kier alpha value is -0.930. The summed E-state index contributed by atoms with van der Waals surface area (Å²) in [5, 5.41) is 9.90. The van der Waals surface area contributed by atoms with E-state index in [1.165, 1.54) is 12.3 Å². The van der Waals surface area contributed by atoms with Gasteiger partial charge in [-0.05, 0) is 19.9 Å². The summed E-state index contributed by atoms with van der Waals surface area (Å²) in [5.41, 5.74) is -0.309. The van der Waals surface area contributed by atoms with Crippen molar-refractivity contribution in [1.82, 2.24) is 4.98 Å². The van der Waals surface area contributed by atoms with Crippen molar-refractivity contribution >= 4 is 17.9 Å². The topological polar surface area (TPSA) is 50.2 Å². The predicted molar refractivity (Wildman–Crippen MR) is 49.9 cm³/mol. The van der Waals surface area contributed by atoms with Gasteiger partial charge in [0.1, 0.15) is 5.60 Å². The normalized spacial score (nSPS) is 11.4. The lowest BCUT2D eigenvalue weighted by Crippen LogP contribution is -2.18. The van der Waals surface area contributed by atoms with Gasteiger partial charge in [-0.25, -0.2) is 0 Å². The lowest BCUT2D eigenvalue weighted by Gasteiger charge is -2.17. The molecule has 70 valence electrons. The van der Waals surface area contributed by atoms with Crippen LogP contribution in [0.5, 0.6) is 0 Å². The highest BCUT2D eigenvalue weighted by Gasteiger charge is 2.21. The molecule has 0 amide bonds. The minimum absolute atomic E-state index is 0.303. The van der Waals surface area contributed by atoms with Crippen molar-refractivity contribution < 1.29 is 9.90 Å². The highest BCUT2D eigenvalue weighted by Crippen LogP contribution is 2.25. The fraction of sp³-hybridized carbons (Fsp3) is 0.333. The first-order valence-electron chi connectivity index (χ1n) is 3.78. The Kier molecular flexibility index (Phi) is 2.68. The van der Waals surface area contributed by atoms with Crippen molar-refractivity contribution in [2.75, 3.05) is 0 Å². The van der Waals surface area contributed by atoms with Gasteiger partial charge in [0.05, 0.1) is 10.7 Å². The van der Waals surface area contributed by atoms with Crippen LogP contribution in [0.25, 0.3) is 0 Å². The Morgan fingerprint density at radius 1 is 1.62 bits per heavy atom. The maximum Gasteiger partial charge on any atom is 0.151 e. The number of aldehydes is 1. The second-order valence-corrected chi connectivity index (χ2v) is 3.68. The van der Waals surface area contributed by atoms with E-state index < -0.39 is 5.60 Å². The average Bonchev–Trinajstić information content (AvgIpc) is 2.01.